The first kappa shape index (κ1) is 67.9. The number of phosphoric ester groups is 1. The second-order valence-electron chi connectivity index (χ2n) is 19.9. The fourth-order valence-corrected chi connectivity index (χ4v) is 8.22. The van der Waals surface area contributed by atoms with Crippen LogP contribution in [0.2, 0.25) is 0 Å². The van der Waals surface area contributed by atoms with E-state index in [1.165, 1.54) is 89.9 Å². The van der Waals surface area contributed by atoms with Gasteiger partial charge in [0.05, 0.1) is 39.9 Å². The van der Waals surface area contributed by atoms with Crippen LogP contribution < -0.4 is 5.32 Å². The van der Waals surface area contributed by atoms with Gasteiger partial charge in [0.15, 0.2) is 0 Å². The van der Waals surface area contributed by atoms with Crippen molar-refractivity contribution in [1.82, 2.24) is 5.32 Å². The van der Waals surface area contributed by atoms with Crippen LogP contribution in [0.1, 0.15) is 213 Å². The number of amides is 1. The molecule has 0 aromatic rings. The van der Waals surface area contributed by atoms with Crippen LogP contribution in [-0.4, -0.2) is 73.4 Å². The standard InChI is InChI=1S/C62H107N2O6P/c1-6-8-10-12-14-16-18-20-22-24-26-28-29-30-31-32-33-34-35-36-38-40-42-44-46-48-50-52-54-56-62(66)63-60(59-70-71(67,68)69-58-57-64(3,4)5)61(65)55-53-51-49-47-45-43-41-39-37-27-25-23-21-19-17-15-13-11-9-7-2/h8,10,14,16,20,22,26,28,30-31,33-34,36,38,42,44-45,47,53,55,60-61,65H,6-7,9,11-13,15,17-19,21,23-25,27,29,32,35,37,39-41,43,46,48-52,54,56-59H2,1-5H3,(H-,63,66,67,68)/p+1/b10-8-,16-14-,22-20-,28-26-,31-30-,34-33-,38-36-,44-42-,47-45+,55-53+. The first-order valence-electron chi connectivity index (χ1n) is 28.4. The summed E-state index contributed by atoms with van der Waals surface area (Å²) in [6.07, 6.45) is 77.2. The Bertz CT molecular complexity index is 1560. The fraction of sp³-hybridized carbons (Fsp3) is 0.661. The van der Waals surface area contributed by atoms with Gasteiger partial charge in [-0.15, -0.1) is 0 Å². The van der Waals surface area contributed by atoms with Gasteiger partial charge in [0.25, 0.3) is 0 Å². The SMILES string of the molecule is CC/C=C\C/C=C\C/C=C\C/C=C\C/C=C\C/C=C\C/C=C\C/C=C\CCCCCCC(=O)NC(COP(=O)(O)OCC[N+](C)(C)C)C(O)/C=C/CC/C=C/CCCCCCCCCCCCCCCC. The van der Waals surface area contributed by atoms with Gasteiger partial charge in [-0.1, -0.05) is 232 Å². The molecule has 71 heavy (non-hydrogen) atoms. The number of nitrogens with zero attached hydrogens (tertiary/aromatic N) is 1. The highest BCUT2D eigenvalue weighted by atomic mass is 31.2. The molecule has 9 heteroatoms. The van der Waals surface area contributed by atoms with E-state index < -0.39 is 20.0 Å². The lowest BCUT2D eigenvalue weighted by Gasteiger charge is -2.25. The molecule has 0 aromatic carbocycles. The third-order valence-corrected chi connectivity index (χ3v) is 12.9. The van der Waals surface area contributed by atoms with Crippen molar-refractivity contribution >= 4 is 13.7 Å². The average molecular weight is 1010 g/mol. The Labute approximate surface area is 437 Å². The van der Waals surface area contributed by atoms with E-state index in [0.29, 0.717) is 17.4 Å². The van der Waals surface area contributed by atoms with Crippen molar-refractivity contribution in [3.63, 3.8) is 0 Å². The molecular weight excluding hydrogens is 900 g/mol. The molecule has 0 saturated heterocycles. The number of aliphatic hydroxyl groups is 1. The molecule has 0 aliphatic carbocycles. The highest BCUT2D eigenvalue weighted by Crippen LogP contribution is 2.43. The Morgan fingerprint density at radius 1 is 0.493 bits per heavy atom. The van der Waals surface area contributed by atoms with Gasteiger partial charge in [-0.3, -0.25) is 13.8 Å². The lowest BCUT2D eigenvalue weighted by Crippen LogP contribution is -2.45. The molecule has 0 rings (SSSR count). The maximum absolute atomic E-state index is 13.0. The summed E-state index contributed by atoms with van der Waals surface area (Å²) in [6.45, 7) is 4.65. The second-order valence-corrected chi connectivity index (χ2v) is 21.4. The van der Waals surface area contributed by atoms with E-state index in [2.05, 4.69) is 129 Å². The van der Waals surface area contributed by atoms with Gasteiger partial charge in [-0.05, 0) is 96.3 Å². The summed E-state index contributed by atoms with van der Waals surface area (Å²) >= 11 is 0. The summed E-state index contributed by atoms with van der Waals surface area (Å²) < 4.78 is 23.7. The largest absolute Gasteiger partial charge is 0.472 e. The van der Waals surface area contributed by atoms with Crippen LogP contribution in [-0.2, 0) is 18.4 Å². The minimum Gasteiger partial charge on any atom is -0.387 e. The molecular formula is C62H108N2O6P+. The van der Waals surface area contributed by atoms with Gasteiger partial charge in [0.2, 0.25) is 5.91 Å². The van der Waals surface area contributed by atoms with Crippen LogP contribution in [0.25, 0.3) is 0 Å². The summed E-state index contributed by atoms with van der Waals surface area (Å²) in [7, 11) is 1.52. The van der Waals surface area contributed by atoms with E-state index in [-0.39, 0.29) is 19.1 Å². The maximum Gasteiger partial charge on any atom is 0.472 e. The molecule has 0 aliphatic rings. The van der Waals surface area contributed by atoms with Gasteiger partial charge in [-0.2, -0.15) is 0 Å². The number of likely N-dealkylation sites (N-methyl/N-ethyl adjacent to an activating group) is 1. The number of hydrogen-bond acceptors (Lipinski definition) is 5. The number of aliphatic hydroxyl groups excluding tert-OH is 1. The van der Waals surface area contributed by atoms with Crippen molar-refractivity contribution in [3.8, 4) is 0 Å². The van der Waals surface area contributed by atoms with Crippen LogP contribution in [0, 0.1) is 0 Å². The molecule has 0 saturated carbocycles. The van der Waals surface area contributed by atoms with Crippen molar-refractivity contribution in [3.05, 3.63) is 122 Å². The zero-order chi connectivity index (χ0) is 52.0. The van der Waals surface area contributed by atoms with Crippen molar-refractivity contribution in [2.45, 2.75) is 225 Å². The average Bonchev–Trinajstić information content (AvgIpc) is 3.33. The lowest BCUT2D eigenvalue weighted by atomic mass is 10.0. The predicted molar refractivity (Wildman–Crippen MR) is 308 cm³/mol. The van der Waals surface area contributed by atoms with Crippen LogP contribution in [0.15, 0.2) is 122 Å². The normalized spacial score (nSPS) is 14.9. The van der Waals surface area contributed by atoms with Crippen molar-refractivity contribution in [1.29, 1.82) is 0 Å². The molecule has 3 N–H and O–H groups in total. The van der Waals surface area contributed by atoms with Crippen LogP contribution in [0.4, 0.5) is 0 Å². The molecule has 406 valence electrons. The molecule has 0 aliphatic heterocycles. The first-order valence-corrected chi connectivity index (χ1v) is 29.9. The van der Waals surface area contributed by atoms with Crippen molar-refractivity contribution in [2.24, 2.45) is 0 Å². The van der Waals surface area contributed by atoms with E-state index in [0.717, 1.165) is 103 Å². The molecule has 0 bridgehead atoms. The van der Waals surface area contributed by atoms with Crippen molar-refractivity contribution < 1.29 is 32.9 Å². The number of carbonyl (C=O) groups excluding carboxylic acids is 1. The van der Waals surface area contributed by atoms with Crippen LogP contribution >= 0.6 is 7.82 Å². The Hall–Kier alpha value is -3.10. The Morgan fingerprint density at radius 3 is 1.30 bits per heavy atom. The molecule has 0 aromatic heterocycles. The molecule has 3 atom stereocenters. The minimum absolute atomic E-state index is 0.0439. The summed E-state index contributed by atoms with van der Waals surface area (Å²) in [5.41, 5.74) is 0. The third-order valence-electron chi connectivity index (χ3n) is 11.9. The number of allylic oxidation sites excluding steroid dienone is 19. The third kappa shape index (κ3) is 54.5. The number of carbonyl (C=O) groups is 1. The number of quaternary nitrogens is 1. The van der Waals surface area contributed by atoms with E-state index in [1.54, 1.807) is 6.08 Å². The molecule has 0 heterocycles. The molecule has 0 spiro atoms. The summed E-state index contributed by atoms with van der Waals surface area (Å²) in [5, 5.41) is 13.9. The zero-order valence-corrected chi connectivity index (χ0v) is 47.1. The van der Waals surface area contributed by atoms with Gasteiger partial charge >= 0.3 is 7.82 Å². The molecule has 8 nitrogen and oxygen atoms in total. The number of hydrogen-bond donors (Lipinski definition) is 3. The Balaban J connectivity index is 4.38. The molecule has 1 amide bonds. The summed E-state index contributed by atoms with van der Waals surface area (Å²) in [5.74, 6) is -0.216. The summed E-state index contributed by atoms with van der Waals surface area (Å²) in [6, 6.07) is -0.887. The number of unbranched alkanes of at least 4 members (excludes halogenated alkanes) is 19. The van der Waals surface area contributed by atoms with Gasteiger partial charge < -0.3 is 19.8 Å². The summed E-state index contributed by atoms with van der Waals surface area (Å²) in [4.78, 5) is 23.3. The molecule has 0 fully saturated rings. The monoisotopic (exact) mass is 1010 g/mol. The topological polar surface area (TPSA) is 105 Å². The van der Waals surface area contributed by atoms with Crippen molar-refractivity contribution in [2.75, 3.05) is 40.9 Å². The fourth-order valence-electron chi connectivity index (χ4n) is 7.48. The molecule has 0 radical (unpaired) electrons. The number of phosphoric acid groups is 1. The predicted octanol–water partition coefficient (Wildman–Crippen LogP) is 17.4. The smallest absolute Gasteiger partial charge is 0.387 e. The Kier molecular flexibility index (Phi) is 49.5. The highest BCUT2D eigenvalue weighted by molar-refractivity contribution is 7.47. The van der Waals surface area contributed by atoms with Gasteiger partial charge in [-0.25, -0.2) is 4.57 Å². The highest BCUT2D eigenvalue weighted by Gasteiger charge is 2.27. The van der Waals surface area contributed by atoms with E-state index >= 15 is 0 Å². The van der Waals surface area contributed by atoms with E-state index in [4.69, 9.17) is 9.05 Å². The lowest BCUT2D eigenvalue weighted by molar-refractivity contribution is -0.870. The zero-order valence-electron chi connectivity index (χ0n) is 46.2. The van der Waals surface area contributed by atoms with Crippen LogP contribution in [0.3, 0.4) is 0 Å². The van der Waals surface area contributed by atoms with Crippen LogP contribution in [0.5, 0.6) is 0 Å². The van der Waals surface area contributed by atoms with Gasteiger partial charge in [0.1, 0.15) is 13.2 Å². The first-order chi connectivity index (χ1) is 34.5. The Morgan fingerprint density at radius 2 is 0.859 bits per heavy atom. The number of nitrogens with one attached hydrogen (secondary N) is 1. The maximum atomic E-state index is 13.0. The van der Waals surface area contributed by atoms with Gasteiger partial charge in [0, 0.05) is 6.42 Å². The minimum atomic E-state index is -4.37. The molecule has 3 unspecified atom stereocenters. The number of rotatable bonds is 50. The second kappa shape index (κ2) is 51.8. The van der Waals surface area contributed by atoms with E-state index in [1.807, 2.05) is 27.2 Å². The quantitative estimate of drug-likeness (QED) is 0.0243. The van der Waals surface area contributed by atoms with E-state index in [9.17, 15) is 19.4 Å².